The van der Waals surface area contributed by atoms with Crippen LogP contribution in [0.2, 0.25) is 5.02 Å². The fourth-order valence-corrected chi connectivity index (χ4v) is 3.73. The Morgan fingerprint density at radius 1 is 1.29 bits per heavy atom. The molecule has 1 unspecified atom stereocenters. The second-order valence-electron chi connectivity index (χ2n) is 6.78. The van der Waals surface area contributed by atoms with Crippen molar-refractivity contribution in [2.45, 2.75) is 25.3 Å². The Morgan fingerprint density at radius 2 is 2.00 bits per heavy atom. The molecule has 2 heterocycles. The first kappa shape index (κ1) is 20.5. The van der Waals surface area contributed by atoms with Crippen molar-refractivity contribution in [2.75, 3.05) is 34.0 Å². The van der Waals surface area contributed by atoms with Gasteiger partial charge in [0.2, 0.25) is 0 Å². The summed E-state index contributed by atoms with van der Waals surface area (Å²) >= 11 is 6.26. The summed E-state index contributed by atoms with van der Waals surface area (Å²) in [5, 5.41) is 0.323. The van der Waals surface area contributed by atoms with Crippen LogP contribution in [0.3, 0.4) is 0 Å². The molecule has 0 radical (unpaired) electrons. The van der Waals surface area contributed by atoms with Gasteiger partial charge in [0, 0.05) is 19.3 Å². The zero-order valence-corrected chi connectivity index (χ0v) is 16.7. The van der Waals surface area contributed by atoms with Gasteiger partial charge in [-0.25, -0.2) is 4.79 Å². The van der Waals surface area contributed by atoms with E-state index in [1.807, 2.05) is 0 Å². The minimum absolute atomic E-state index is 0.176. The van der Waals surface area contributed by atoms with E-state index in [1.165, 1.54) is 25.2 Å². The van der Waals surface area contributed by atoms with E-state index in [-0.39, 0.29) is 12.5 Å². The number of carbonyl (C=O) groups is 2. The molecule has 28 heavy (non-hydrogen) atoms. The molecule has 1 atom stereocenters. The molecule has 0 N–H and O–H groups in total. The first-order chi connectivity index (χ1) is 13.5. The second kappa shape index (κ2) is 9.30. The topological polar surface area (TPSA) is 74.3 Å². The van der Waals surface area contributed by atoms with Crippen LogP contribution < -0.4 is 9.47 Å². The molecule has 1 aromatic carbocycles. The van der Waals surface area contributed by atoms with E-state index in [0.29, 0.717) is 47.8 Å². The summed E-state index contributed by atoms with van der Waals surface area (Å²) in [4.78, 5) is 26.4. The highest BCUT2D eigenvalue weighted by Crippen LogP contribution is 2.35. The van der Waals surface area contributed by atoms with Crippen molar-refractivity contribution in [2.24, 2.45) is 5.92 Å². The molecule has 0 spiro atoms. The fraction of sp³-hybridized carbons (Fsp3) is 0.500. The molecule has 1 amide bonds. The highest BCUT2D eigenvalue weighted by Gasteiger charge is 2.37. The van der Waals surface area contributed by atoms with Gasteiger partial charge in [0.1, 0.15) is 28.3 Å². The lowest BCUT2D eigenvalue weighted by molar-refractivity contribution is -0.151. The molecule has 1 fully saturated rings. The Kier molecular flexibility index (Phi) is 6.80. The van der Waals surface area contributed by atoms with Crippen LogP contribution in [0.1, 0.15) is 19.3 Å². The van der Waals surface area contributed by atoms with Gasteiger partial charge in [0.05, 0.1) is 20.8 Å². The summed E-state index contributed by atoms with van der Waals surface area (Å²) < 4.78 is 21.3. The monoisotopic (exact) mass is 409 g/mol. The summed E-state index contributed by atoms with van der Waals surface area (Å²) in [5.74, 6) is 0.892. The largest absolute Gasteiger partial charge is 0.495 e. The third-order valence-corrected chi connectivity index (χ3v) is 5.40. The molecule has 3 rings (SSSR count). The van der Waals surface area contributed by atoms with Gasteiger partial charge in [-0.1, -0.05) is 17.7 Å². The van der Waals surface area contributed by atoms with Gasteiger partial charge in [0.25, 0.3) is 5.91 Å². The molecule has 2 aliphatic rings. The highest BCUT2D eigenvalue weighted by atomic mass is 35.5. The van der Waals surface area contributed by atoms with Gasteiger partial charge in [-0.15, -0.1) is 0 Å². The maximum atomic E-state index is 12.6. The van der Waals surface area contributed by atoms with E-state index >= 15 is 0 Å². The van der Waals surface area contributed by atoms with Gasteiger partial charge >= 0.3 is 5.97 Å². The number of benzene rings is 1. The van der Waals surface area contributed by atoms with E-state index < -0.39 is 12.0 Å². The first-order valence-corrected chi connectivity index (χ1v) is 9.58. The van der Waals surface area contributed by atoms with Crippen LogP contribution in [0.5, 0.6) is 11.5 Å². The maximum absolute atomic E-state index is 12.6. The average molecular weight is 410 g/mol. The number of amides is 1. The average Bonchev–Trinajstić information content (AvgIpc) is 3.07. The molecule has 7 nitrogen and oxygen atoms in total. The van der Waals surface area contributed by atoms with E-state index in [9.17, 15) is 9.59 Å². The molecule has 1 saturated heterocycles. The minimum Gasteiger partial charge on any atom is -0.495 e. The Labute approximate surface area is 169 Å². The number of hydrogen-bond donors (Lipinski definition) is 0. The summed E-state index contributed by atoms with van der Waals surface area (Å²) in [5.41, 5.74) is 0. The van der Waals surface area contributed by atoms with Crippen molar-refractivity contribution in [3.8, 4) is 11.5 Å². The molecule has 2 aliphatic heterocycles. The smallest absolute Gasteiger partial charge is 0.328 e. The van der Waals surface area contributed by atoms with Crippen LogP contribution in [0, 0.1) is 5.92 Å². The summed E-state index contributed by atoms with van der Waals surface area (Å²) in [6.07, 6.45) is 3.66. The Hall–Kier alpha value is -2.25. The van der Waals surface area contributed by atoms with Crippen molar-refractivity contribution < 1.29 is 28.5 Å². The zero-order valence-electron chi connectivity index (χ0n) is 16.0. The Morgan fingerprint density at radius 3 is 2.68 bits per heavy atom. The molecular formula is C20H24ClNO6. The lowest BCUT2D eigenvalue weighted by Crippen LogP contribution is -2.45. The fourth-order valence-electron chi connectivity index (χ4n) is 3.49. The molecular weight excluding hydrogens is 386 g/mol. The lowest BCUT2D eigenvalue weighted by Gasteiger charge is -2.30. The number of carbonyl (C=O) groups excluding carboxylic acids is 2. The van der Waals surface area contributed by atoms with E-state index in [1.54, 1.807) is 18.2 Å². The third-order valence-electron chi connectivity index (χ3n) is 5.03. The number of esters is 1. The van der Waals surface area contributed by atoms with E-state index in [4.69, 9.17) is 30.5 Å². The van der Waals surface area contributed by atoms with Crippen molar-refractivity contribution in [1.82, 2.24) is 4.90 Å². The minimum atomic E-state index is -0.654. The van der Waals surface area contributed by atoms with Gasteiger partial charge < -0.3 is 23.8 Å². The van der Waals surface area contributed by atoms with Gasteiger partial charge in [0.15, 0.2) is 0 Å². The van der Waals surface area contributed by atoms with E-state index in [2.05, 4.69) is 0 Å². The predicted octanol–water partition coefficient (Wildman–Crippen LogP) is 2.81. The number of hydrogen-bond acceptors (Lipinski definition) is 6. The van der Waals surface area contributed by atoms with Crippen molar-refractivity contribution >= 4 is 23.5 Å². The van der Waals surface area contributed by atoms with Gasteiger partial charge in [-0.3, -0.25) is 4.79 Å². The lowest BCUT2D eigenvalue weighted by atomic mass is 9.92. The molecule has 1 aromatic rings. The maximum Gasteiger partial charge on any atom is 0.328 e. The normalized spacial score (nSPS) is 18.6. The Bertz CT molecular complexity index is 759. The number of methoxy groups -OCH3 is 2. The summed E-state index contributed by atoms with van der Waals surface area (Å²) in [6.45, 7) is 1.52. The number of ether oxygens (including phenoxy) is 4. The summed E-state index contributed by atoms with van der Waals surface area (Å²) in [7, 11) is 2.85. The quantitative estimate of drug-likeness (QED) is 0.645. The first-order valence-electron chi connectivity index (χ1n) is 9.20. The molecule has 0 aliphatic carbocycles. The van der Waals surface area contributed by atoms with E-state index in [0.717, 1.165) is 12.8 Å². The molecule has 0 aromatic heterocycles. The van der Waals surface area contributed by atoms with Crippen molar-refractivity contribution in [1.29, 1.82) is 0 Å². The van der Waals surface area contributed by atoms with Gasteiger partial charge in [-0.05, 0) is 37.3 Å². The SMILES string of the molecule is COC(=O)C(CC1CCOCC1)N1CC(Oc2cccc(OC)c2Cl)=CC1=O. The zero-order chi connectivity index (χ0) is 20.1. The van der Waals surface area contributed by atoms with Crippen molar-refractivity contribution in [3.63, 3.8) is 0 Å². The molecule has 0 saturated carbocycles. The van der Waals surface area contributed by atoms with Crippen LogP contribution >= 0.6 is 11.6 Å². The molecule has 8 heteroatoms. The standard InChI is InChI=1S/C20H24ClNO6/c1-25-16-4-3-5-17(19(16)21)28-14-11-18(23)22(12-14)15(20(24)26-2)10-13-6-8-27-9-7-13/h3-5,11,13,15H,6-10,12H2,1-2H3. The highest BCUT2D eigenvalue weighted by molar-refractivity contribution is 6.33. The predicted molar refractivity (Wildman–Crippen MR) is 102 cm³/mol. The number of rotatable bonds is 7. The number of nitrogens with zero attached hydrogens (tertiary/aromatic N) is 1. The van der Waals surface area contributed by atoms with Crippen LogP contribution in [0.25, 0.3) is 0 Å². The van der Waals surface area contributed by atoms with Crippen LogP contribution in [-0.2, 0) is 19.1 Å². The molecule has 152 valence electrons. The number of halogens is 1. The second-order valence-corrected chi connectivity index (χ2v) is 7.16. The summed E-state index contributed by atoms with van der Waals surface area (Å²) in [6, 6.07) is 4.51. The van der Waals surface area contributed by atoms with Crippen LogP contribution in [-0.4, -0.2) is 56.8 Å². The molecule has 0 bridgehead atoms. The van der Waals surface area contributed by atoms with Crippen molar-refractivity contribution in [3.05, 3.63) is 35.1 Å². The van der Waals surface area contributed by atoms with Gasteiger partial charge in [-0.2, -0.15) is 0 Å². The Balaban J connectivity index is 1.71. The third kappa shape index (κ3) is 4.59. The van der Waals surface area contributed by atoms with Crippen LogP contribution in [0.15, 0.2) is 30.0 Å². The van der Waals surface area contributed by atoms with Crippen LogP contribution in [0.4, 0.5) is 0 Å².